The Hall–Kier alpha value is -3.49. The Morgan fingerprint density at radius 3 is 2.66 bits per heavy atom. The predicted molar refractivity (Wildman–Crippen MR) is 150 cm³/mol. The van der Waals surface area contributed by atoms with Gasteiger partial charge in [0.25, 0.3) is 0 Å². The highest BCUT2D eigenvalue weighted by Crippen LogP contribution is 2.58. The molecule has 1 N–H and O–H groups in total. The van der Waals surface area contributed by atoms with Crippen molar-refractivity contribution >= 4 is 0 Å². The highest BCUT2D eigenvalue weighted by atomic mass is 16.7. The molecule has 10 nitrogen and oxygen atoms in total. The molecule has 2 aromatic rings. The van der Waals surface area contributed by atoms with Crippen LogP contribution in [0, 0.1) is 25.2 Å². The van der Waals surface area contributed by atoms with Crippen molar-refractivity contribution in [3.05, 3.63) is 52.1 Å². The maximum atomic E-state index is 10.7. The standard InChI is InChI=1S/C31H37N3O7/c1-7-8-38-28-17(3)29-31(41-15-40-29)25-19(28)11-21-26-24-18(9-16(2)27(37-6)30(24)39-14-36-5)10-20(33(26)4)22(12-32)34(21)23(25)13-35/h7,9,20-23,26,35H,1,8,10-11,13-15H2,2-6H3/t20-,21?,22-,23-,26+/m0/s1/i35T. The average Bonchev–Trinajstić information content (AvgIpc) is 3.47. The number of hydrogen-bond donors (Lipinski definition) is 1. The highest BCUT2D eigenvalue weighted by Gasteiger charge is 2.56. The molecule has 10 heteroatoms. The topological polar surface area (TPSA) is 106 Å². The van der Waals surface area contributed by atoms with E-state index in [4.69, 9.17) is 35.0 Å². The van der Waals surface area contributed by atoms with Crippen molar-refractivity contribution in [2.75, 3.05) is 48.1 Å². The summed E-state index contributed by atoms with van der Waals surface area (Å²) in [6.45, 7) is 8.34. The maximum Gasteiger partial charge on any atom is 0.231 e. The van der Waals surface area contributed by atoms with E-state index >= 15 is 0 Å². The number of piperazine rings is 1. The lowest BCUT2D eigenvalue weighted by atomic mass is 9.71. The molecule has 0 spiro atoms. The number of aliphatic hydroxyl groups is 1. The molecular formula is C31H37N3O7. The number of ether oxygens (including phenoxy) is 6. The van der Waals surface area contributed by atoms with Crippen molar-refractivity contribution in [1.82, 2.24) is 9.80 Å². The van der Waals surface area contributed by atoms with Gasteiger partial charge in [-0.15, -0.1) is 0 Å². The van der Waals surface area contributed by atoms with E-state index in [1.807, 2.05) is 13.8 Å². The molecular weight excluding hydrogens is 526 g/mol. The average molecular weight is 566 g/mol. The van der Waals surface area contributed by atoms with Crippen LogP contribution in [-0.2, 0) is 17.6 Å². The van der Waals surface area contributed by atoms with Gasteiger partial charge in [-0.1, -0.05) is 18.7 Å². The first-order chi connectivity index (χ1) is 20.4. The van der Waals surface area contributed by atoms with Gasteiger partial charge in [-0.05, 0) is 44.9 Å². The molecule has 1 unspecified atom stereocenters. The van der Waals surface area contributed by atoms with Gasteiger partial charge in [0.15, 0.2) is 29.8 Å². The molecule has 2 aromatic carbocycles. The number of rotatable bonds is 9. The Morgan fingerprint density at radius 2 is 1.95 bits per heavy atom. The second-order valence-corrected chi connectivity index (χ2v) is 11.0. The molecule has 218 valence electrons. The number of likely N-dealkylation sites (N-methyl/N-ethyl adjacent to an activating group) is 1. The Morgan fingerprint density at radius 1 is 1.15 bits per heavy atom. The van der Waals surface area contributed by atoms with Crippen molar-refractivity contribution in [2.45, 2.75) is 56.9 Å². The van der Waals surface area contributed by atoms with Gasteiger partial charge in [-0.25, -0.2) is 0 Å². The van der Waals surface area contributed by atoms with E-state index in [1.165, 1.54) is 0 Å². The van der Waals surface area contributed by atoms with Crippen LogP contribution < -0.4 is 23.7 Å². The molecule has 2 bridgehead atoms. The van der Waals surface area contributed by atoms with Crippen molar-refractivity contribution in [1.29, 1.82) is 6.69 Å². The van der Waals surface area contributed by atoms with E-state index in [0.29, 0.717) is 42.4 Å². The van der Waals surface area contributed by atoms with E-state index in [2.05, 4.69) is 35.6 Å². The molecule has 0 amide bonds. The number of methoxy groups -OCH3 is 2. The monoisotopic (exact) mass is 565 g/mol. The number of aliphatic hydroxyl groups excluding tert-OH is 1. The molecule has 4 heterocycles. The molecule has 1 fully saturated rings. The second-order valence-electron chi connectivity index (χ2n) is 11.0. The number of nitrogens with zero attached hydrogens (tertiary/aromatic N) is 3. The number of aryl methyl sites for hydroxylation is 1. The summed E-state index contributed by atoms with van der Waals surface area (Å²) in [5, 5.41) is 15.8. The van der Waals surface area contributed by atoms with Gasteiger partial charge in [0, 0.05) is 41.4 Å². The summed E-state index contributed by atoms with van der Waals surface area (Å²) in [6, 6.07) is 3.42. The highest BCUT2D eigenvalue weighted by molar-refractivity contribution is 5.66. The largest absolute Gasteiger partial charge is 0.493 e. The fraction of sp³-hybridized carbons (Fsp3) is 0.516. The zero-order valence-corrected chi connectivity index (χ0v) is 24.2. The SMILES string of the molecule is [3H]OC[C@H]1c2c(c(OCC=C)c(C)c3c2OCO3)CC2[C@@H]3c4c(cc(C)c(OC)c4OCOC)C[C@@H]([C@H](C#N)N21)N3C. The Kier molecular flexibility index (Phi) is 6.91. The summed E-state index contributed by atoms with van der Waals surface area (Å²) >= 11 is 0. The van der Waals surface area contributed by atoms with Gasteiger partial charge in [-0.3, -0.25) is 9.80 Å². The quantitative estimate of drug-likeness (QED) is 0.359. The minimum atomic E-state index is -0.472. The molecule has 4 aliphatic heterocycles. The summed E-state index contributed by atoms with van der Waals surface area (Å²) in [4.78, 5) is 4.54. The van der Waals surface area contributed by atoms with Gasteiger partial charge in [0.05, 0.1) is 31.9 Å². The zero-order valence-electron chi connectivity index (χ0n) is 25.2. The smallest absolute Gasteiger partial charge is 0.231 e. The van der Waals surface area contributed by atoms with Crippen LogP contribution in [0.3, 0.4) is 0 Å². The van der Waals surface area contributed by atoms with E-state index < -0.39 is 12.1 Å². The lowest BCUT2D eigenvalue weighted by molar-refractivity contribution is -0.0832. The zero-order chi connectivity index (χ0) is 29.7. The summed E-state index contributed by atoms with van der Waals surface area (Å²) < 4.78 is 43.5. The van der Waals surface area contributed by atoms with Crippen LogP contribution in [0.4, 0.5) is 0 Å². The van der Waals surface area contributed by atoms with Crippen molar-refractivity contribution in [3.63, 3.8) is 0 Å². The molecule has 5 atom stereocenters. The summed E-state index contributed by atoms with van der Waals surface area (Å²) in [7, 11) is 5.32. The number of hydrogen-bond acceptors (Lipinski definition) is 10. The summed E-state index contributed by atoms with van der Waals surface area (Å²) in [5.74, 6) is 3.31. The van der Waals surface area contributed by atoms with Crippen molar-refractivity contribution in [2.24, 2.45) is 0 Å². The maximum absolute atomic E-state index is 10.7. The number of nitriles is 1. The fourth-order valence-electron chi connectivity index (χ4n) is 7.57. The van der Waals surface area contributed by atoms with Crippen LogP contribution in [0.25, 0.3) is 0 Å². The normalized spacial score (nSPS) is 26.2. The minimum Gasteiger partial charge on any atom is -0.493 e. The van der Waals surface area contributed by atoms with Crippen LogP contribution >= 0.6 is 0 Å². The van der Waals surface area contributed by atoms with Crippen LogP contribution in [0.1, 0.15) is 45.5 Å². The Balaban J connectivity index is 1.61. The van der Waals surface area contributed by atoms with Crippen molar-refractivity contribution < 1.29 is 33.5 Å². The molecule has 1 saturated heterocycles. The van der Waals surface area contributed by atoms with Crippen molar-refractivity contribution in [3.8, 4) is 34.8 Å². The molecule has 0 aliphatic carbocycles. The Labute approximate surface area is 242 Å². The van der Waals surface area contributed by atoms with Crippen LogP contribution in [0.5, 0.6) is 28.7 Å². The lowest BCUT2D eigenvalue weighted by Gasteiger charge is -2.59. The molecule has 0 saturated carbocycles. The van der Waals surface area contributed by atoms with Gasteiger partial charge in [0.1, 0.15) is 18.4 Å². The summed E-state index contributed by atoms with van der Waals surface area (Å²) in [5.41, 5.74) is 5.81. The number of fused-ring (bicyclic) bond motifs is 9. The molecule has 0 radical (unpaired) electrons. The molecule has 0 aromatic heterocycles. The fourth-order valence-corrected chi connectivity index (χ4v) is 7.57. The molecule has 6 rings (SSSR count). The first-order valence-corrected chi connectivity index (χ1v) is 13.9. The minimum absolute atomic E-state index is 0.0434. The number of benzene rings is 2. The van der Waals surface area contributed by atoms with Gasteiger partial charge >= 0.3 is 0 Å². The van der Waals surface area contributed by atoms with Gasteiger partial charge in [-0.2, -0.15) is 5.26 Å². The van der Waals surface area contributed by atoms with E-state index in [0.717, 1.165) is 39.1 Å². The third-order valence-electron chi connectivity index (χ3n) is 9.07. The van der Waals surface area contributed by atoms with E-state index in [9.17, 15) is 5.26 Å². The Bertz CT molecular complexity index is 1440. The van der Waals surface area contributed by atoms with Crippen LogP contribution in [0.15, 0.2) is 18.7 Å². The third kappa shape index (κ3) is 3.98. The summed E-state index contributed by atoms with van der Waals surface area (Å²) in [6.07, 6.45) is 2.93. The third-order valence-corrected chi connectivity index (χ3v) is 9.07. The predicted octanol–water partition coefficient (Wildman–Crippen LogP) is 3.35. The van der Waals surface area contributed by atoms with Gasteiger partial charge < -0.3 is 33.5 Å². The lowest BCUT2D eigenvalue weighted by Crippen LogP contribution is -2.68. The first kappa shape index (κ1) is 26.4. The van der Waals surface area contributed by atoms with E-state index in [-0.39, 0.29) is 38.3 Å². The molecule has 41 heavy (non-hydrogen) atoms. The first-order valence-electron chi connectivity index (χ1n) is 14.3. The second kappa shape index (κ2) is 10.7. The van der Waals surface area contributed by atoms with Crippen LogP contribution in [0.2, 0.25) is 0 Å². The molecule has 4 aliphatic rings. The van der Waals surface area contributed by atoms with E-state index in [1.54, 1.807) is 20.3 Å². The van der Waals surface area contributed by atoms with Crippen LogP contribution in [-0.4, -0.2) is 82.5 Å². The van der Waals surface area contributed by atoms with Gasteiger partial charge in [0.2, 0.25) is 8.22 Å².